The summed E-state index contributed by atoms with van der Waals surface area (Å²) in [6.45, 7) is 6.52. The summed E-state index contributed by atoms with van der Waals surface area (Å²) in [5, 5.41) is 0. The van der Waals surface area contributed by atoms with Gasteiger partial charge in [-0.15, -0.1) is 0 Å². The molecule has 0 N–H and O–H groups in total. The maximum absolute atomic E-state index is 13.0. The molecule has 0 radical (unpaired) electrons. The van der Waals surface area contributed by atoms with Gasteiger partial charge in [0.05, 0.1) is 0 Å². The molecule has 6 heteroatoms. The van der Waals surface area contributed by atoms with Crippen molar-refractivity contribution in [1.82, 2.24) is 0 Å². The van der Waals surface area contributed by atoms with E-state index in [2.05, 4.69) is 130 Å². The number of carbonyl (C=O) groups excluding carboxylic acids is 3. The summed E-state index contributed by atoms with van der Waals surface area (Å²) >= 11 is 0. The zero-order valence-corrected chi connectivity index (χ0v) is 54.7. The molecule has 0 saturated carbocycles. The van der Waals surface area contributed by atoms with E-state index in [9.17, 15) is 14.4 Å². The van der Waals surface area contributed by atoms with Crippen LogP contribution in [0.2, 0.25) is 0 Å². The van der Waals surface area contributed by atoms with Gasteiger partial charge < -0.3 is 14.2 Å². The quantitative estimate of drug-likeness (QED) is 0.0261. The van der Waals surface area contributed by atoms with Crippen molar-refractivity contribution in [2.24, 2.45) is 0 Å². The minimum absolute atomic E-state index is 0.0881. The van der Waals surface area contributed by atoms with Crippen molar-refractivity contribution in [1.29, 1.82) is 0 Å². The van der Waals surface area contributed by atoms with E-state index in [0.717, 1.165) is 128 Å². The summed E-state index contributed by atoms with van der Waals surface area (Å²) in [6, 6.07) is 0. The molecular weight excluding hydrogens is 1020 g/mol. The van der Waals surface area contributed by atoms with Gasteiger partial charge in [0.15, 0.2) is 6.10 Å². The summed E-state index contributed by atoms with van der Waals surface area (Å²) < 4.78 is 17.0. The van der Waals surface area contributed by atoms with E-state index in [1.54, 1.807) is 0 Å². The molecule has 0 aliphatic heterocycles. The molecule has 0 aliphatic rings. The molecule has 6 nitrogen and oxygen atoms in total. The number of ether oxygens (including phenoxy) is 3. The Hall–Kier alpha value is -3.93. The van der Waals surface area contributed by atoms with Crippen molar-refractivity contribution in [2.45, 2.75) is 348 Å². The van der Waals surface area contributed by atoms with Crippen molar-refractivity contribution in [2.75, 3.05) is 13.2 Å². The van der Waals surface area contributed by atoms with Crippen LogP contribution >= 0.6 is 0 Å². The largest absolute Gasteiger partial charge is 0.462 e. The van der Waals surface area contributed by atoms with E-state index >= 15 is 0 Å². The molecule has 0 aromatic rings. The Bertz CT molecular complexity index is 1660. The Kier molecular flexibility index (Phi) is 67.2. The van der Waals surface area contributed by atoms with Gasteiger partial charge in [-0.3, -0.25) is 14.4 Å². The monoisotopic (exact) mass is 1150 g/mol. The van der Waals surface area contributed by atoms with E-state index in [4.69, 9.17) is 14.2 Å². The van der Waals surface area contributed by atoms with Crippen molar-refractivity contribution in [3.8, 4) is 0 Å². The average Bonchev–Trinajstić information content (AvgIpc) is 3.50. The highest BCUT2D eigenvalue weighted by atomic mass is 16.6. The van der Waals surface area contributed by atoms with Crippen LogP contribution in [0.4, 0.5) is 0 Å². The first kappa shape index (κ1) is 79.1. The van der Waals surface area contributed by atoms with Gasteiger partial charge in [0.1, 0.15) is 13.2 Å². The Balaban J connectivity index is 4.42. The van der Waals surface area contributed by atoms with Crippen molar-refractivity contribution >= 4 is 17.9 Å². The van der Waals surface area contributed by atoms with Crippen molar-refractivity contribution < 1.29 is 28.6 Å². The number of hydrogen-bond donors (Lipinski definition) is 0. The molecule has 1 unspecified atom stereocenters. The summed E-state index contributed by atoms with van der Waals surface area (Å²) in [5.41, 5.74) is 0. The van der Waals surface area contributed by atoms with Crippen LogP contribution in [-0.4, -0.2) is 37.2 Å². The number of rotatable bonds is 64. The smallest absolute Gasteiger partial charge is 0.306 e. The molecule has 0 aromatic heterocycles. The molecule has 0 aliphatic carbocycles. The Morgan fingerprint density at radius 1 is 0.253 bits per heavy atom. The second kappa shape index (κ2) is 70.6. The van der Waals surface area contributed by atoms with E-state index in [1.165, 1.54) is 173 Å². The van der Waals surface area contributed by atoms with Crippen LogP contribution in [0.25, 0.3) is 0 Å². The minimum Gasteiger partial charge on any atom is -0.462 e. The molecule has 0 aromatic carbocycles. The fourth-order valence-electron chi connectivity index (χ4n) is 9.99. The van der Waals surface area contributed by atoms with E-state index in [1.807, 2.05) is 0 Å². The van der Waals surface area contributed by atoms with Crippen molar-refractivity contribution in [3.05, 3.63) is 109 Å². The second-order valence-corrected chi connectivity index (χ2v) is 23.4. The molecular formula is C77H132O6. The third-order valence-electron chi connectivity index (χ3n) is 15.3. The van der Waals surface area contributed by atoms with Crippen LogP contribution in [0.15, 0.2) is 109 Å². The molecule has 0 fully saturated rings. The topological polar surface area (TPSA) is 78.9 Å². The molecule has 0 spiro atoms. The van der Waals surface area contributed by atoms with Crippen LogP contribution in [0, 0.1) is 0 Å². The summed E-state index contributed by atoms with van der Waals surface area (Å²) in [6.07, 6.45) is 96.7. The SMILES string of the molecule is CC/C=C\C/C=C\C/C=C\C/C=C\C/C=C\C/C=C\CCCCCCCCC(=O)OCC(COC(=O)CCCCCCCC/C=C\C/C=C\C/C=C\CCCCC)OC(=O)CCCCCCCCCCCCCCCCCCCCCCC. The number of allylic oxidation sites excluding steroid dienone is 18. The Morgan fingerprint density at radius 3 is 0.759 bits per heavy atom. The molecule has 0 rings (SSSR count). The van der Waals surface area contributed by atoms with Gasteiger partial charge in [-0.1, -0.05) is 323 Å². The molecule has 476 valence electrons. The Morgan fingerprint density at radius 2 is 0.470 bits per heavy atom. The number of hydrogen-bond acceptors (Lipinski definition) is 6. The van der Waals surface area contributed by atoms with Crippen LogP contribution < -0.4 is 0 Å². The predicted molar refractivity (Wildman–Crippen MR) is 362 cm³/mol. The third-order valence-corrected chi connectivity index (χ3v) is 15.3. The zero-order valence-electron chi connectivity index (χ0n) is 54.7. The van der Waals surface area contributed by atoms with Gasteiger partial charge in [0.25, 0.3) is 0 Å². The lowest BCUT2D eigenvalue weighted by Crippen LogP contribution is -2.30. The van der Waals surface area contributed by atoms with Crippen LogP contribution in [0.5, 0.6) is 0 Å². The van der Waals surface area contributed by atoms with Crippen LogP contribution in [0.1, 0.15) is 342 Å². The highest BCUT2D eigenvalue weighted by Gasteiger charge is 2.19. The third kappa shape index (κ3) is 68.7. The maximum atomic E-state index is 13.0. The minimum atomic E-state index is -0.793. The molecule has 0 saturated heterocycles. The molecule has 0 bridgehead atoms. The van der Waals surface area contributed by atoms with Gasteiger partial charge in [-0.2, -0.15) is 0 Å². The van der Waals surface area contributed by atoms with Gasteiger partial charge in [0.2, 0.25) is 0 Å². The van der Waals surface area contributed by atoms with Gasteiger partial charge >= 0.3 is 17.9 Å². The van der Waals surface area contributed by atoms with Gasteiger partial charge in [-0.05, 0) is 109 Å². The molecule has 0 heterocycles. The van der Waals surface area contributed by atoms with E-state index < -0.39 is 6.10 Å². The van der Waals surface area contributed by atoms with E-state index in [-0.39, 0.29) is 31.1 Å². The zero-order chi connectivity index (χ0) is 59.9. The molecule has 83 heavy (non-hydrogen) atoms. The average molecular weight is 1150 g/mol. The Labute approximate surface area is 514 Å². The highest BCUT2D eigenvalue weighted by Crippen LogP contribution is 2.17. The number of carbonyl (C=O) groups is 3. The number of unbranched alkanes of at least 4 members (excludes halogenated alkanes) is 35. The first-order chi connectivity index (χ1) is 41.0. The van der Waals surface area contributed by atoms with Gasteiger partial charge in [0, 0.05) is 19.3 Å². The first-order valence-corrected chi connectivity index (χ1v) is 35.4. The van der Waals surface area contributed by atoms with Gasteiger partial charge in [-0.25, -0.2) is 0 Å². The summed E-state index contributed by atoms with van der Waals surface area (Å²) in [7, 11) is 0. The highest BCUT2D eigenvalue weighted by molar-refractivity contribution is 5.71. The first-order valence-electron chi connectivity index (χ1n) is 35.4. The second-order valence-electron chi connectivity index (χ2n) is 23.4. The lowest BCUT2D eigenvalue weighted by atomic mass is 10.0. The lowest BCUT2D eigenvalue weighted by Gasteiger charge is -2.18. The predicted octanol–water partition coefficient (Wildman–Crippen LogP) is 24.6. The maximum Gasteiger partial charge on any atom is 0.306 e. The van der Waals surface area contributed by atoms with Crippen molar-refractivity contribution in [3.63, 3.8) is 0 Å². The molecule has 1 atom stereocenters. The number of esters is 3. The fraction of sp³-hybridized carbons (Fsp3) is 0.727. The van der Waals surface area contributed by atoms with E-state index in [0.29, 0.717) is 19.3 Å². The summed E-state index contributed by atoms with van der Waals surface area (Å²) in [4.78, 5) is 38.5. The standard InChI is InChI=1S/C77H132O6/c1-4-7-10-13-16-19-22-25-28-31-34-36-37-38-39-41-43-46-49-52-55-58-61-64-67-70-76(79)82-73-74(72-81-75(78)69-66-63-60-57-54-51-48-45-42-33-30-27-24-21-18-15-12-9-6-3)83-77(80)71-68-65-62-59-56-53-50-47-44-40-35-32-29-26-23-20-17-14-11-8-5-2/h7,10,16,18-19,21,25,27-28,30,34,36,38-39,42-43,45-46,74H,4-6,8-9,11-15,17,20,22-24,26,29,31-33,35,37,40-41,44,47-73H2,1-3H3/b10-7-,19-16-,21-18-,28-25-,30-27-,36-34-,39-38-,45-42-,46-43-. The fourth-order valence-corrected chi connectivity index (χ4v) is 9.99. The molecule has 0 amide bonds. The lowest BCUT2D eigenvalue weighted by molar-refractivity contribution is -0.167. The summed E-state index contributed by atoms with van der Waals surface area (Å²) in [5.74, 6) is -0.898. The van der Waals surface area contributed by atoms with Crippen LogP contribution in [-0.2, 0) is 28.6 Å². The normalized spacial score (nSPS) is 12.8. The van der Waals surface area contributed by atoms with Crippen LogP contribution in [0.3, 0.4) is 0 Å².